The van der Waals surface area contributed by atoms with Crippen molar-refractivity contribution in [2.75, 3.05) is 13.2 Å². The van der Waals surface area contributed by atoms with Gasteiger partial charge in [-0.2, -0.15) is 0 Å². The first-order chi connectivity index (χ1) is 12.2. The van der Waals surface area contributed by atoms with Gasteiger partial charge in [0.15, 0.2) is 0 Å². The van der Waals surface area contributed by atoms with Gasteiger partial charge in [0.25, 0.3) is 0 Å². The molecule has 1 N–H and O–H groups in total. The Kier molecular flexibility index (Phi) is 6.36. The minimum atomic E-state index is -0.680. The summed E-state index contributed by atoms with van der Waals surface area (Å²) in [4.78, 5) is 27.5. The lowest BCUT2D eigenvalue weighted by atomic mass is 10.2. The summed E-state index contributed by atoms with van der Waals surface area (Å²) in [6.45, 7) is 4.57. The predicted molar refractivity (Wildman–Crippen MR) is 97.8 cm³/mol. The number of carbonyl (C=O) groups excluding carboxylic acids is 2. The minimum absolute atomic E-state index is 0.0764. The molecule has 2 rings (SSSR count). The largest absolute Gasteiger partial charge is 0.455 e. The molecule has 1 heterocycles. The molecule has 0 bridgehead atoms. The van der Waals surface area contributed by atoms with Crippen molar-refractivity contribution in [2.45, 2.75) is 26.4 Å². The Labute approximate surface area is 158 Å². The van der Waals surface area contributed by atoms with Crippen LogP contribution in [-0.2, 0) is 9.47 Å². The fourth-order valence-corrected chi connectivity index (χ4v) is 2.34. The lowest BCUT2D eigenvalue weighted by Crippen LogP contribution is -2.32. The first kappa shape index (κ1) is 19.9. The van der Waals surface area contributed by atoms with Gasteiger partial charge in [-0.3, -0.25) is 3.59 Å². The maximum Gasteiger partial charge on any atom is 0.407 e. The van der Waals surface area contributed by atoms with Crippen molar-refractivity contribution in [1.82, 2.24) is 13.9 Å². The number of halogens is 2. The van der Waals surface area contributed by atoms with Crippen LogP contribution in [0.15, 0.2) is 36.4 Å². The number of hydrogen-bond donors (Lipinski definition) is 1. The highest BCUT2D eigenvalue weighted by Crippen LogP contribution is 2.17. The number of hydrogen-bond acceptors (Lipinski definition) is 5. The van der Waals surface area contributed by atoms with Crippen LogP contribution in [0.5, 0.6) is 0 Å². The monoisotopic (exact) mass is 427 g/mol. The van der Waals surface area contributed by atoms with Crippen LogP contribution in [0.2, 0.25) is 0 Å². The molecule has 0 fully saturated rings. The second-order valence-electron chi connectivity index (χ2n) is 6.37. The number of benzene rings is 1. The van der Waals surface area contributed by atoms with Crippen LogP contribution in [0, 0.1) is 0 Å². The van der Waals surface area contributed by atoms with Gasteiger partial charge < -0.3 is 14.8 Å². The van der Waals surface area contributed by atoms with Crippen molar-refractivity contribution in [1.29, 1.82) is 0 Å². The molecule has 0 unspecified atom stereocenters. The van der Waals surface area contributed by atoms with E-state index in [1.165, 1.54) is 0 Å². The molecule has 2 aromatic rings. The number of nitrogens with one attached hydrogen (secondary N) is 1. The predicted octanol–water partition coefficient (Wildman–Crippen LogP) is 3.73. The number of imidazole rings is 1. The van der Waals surface area contributed by atoms with E-state index in [0.717, 1.165) is 11.6 Å². The van der Waals surface area contributed by atoms with Gasteiger partial charge in [0, 0.05) is 6.54 Å². The Morgan fingerprint density at radius 3 is 2.81 bits per heavy atom. The number of rotatable bonds is 5. The molecule has 0 saturated carbocycles. The highest BCUT2D eigenvalue weighted by molar-refractivity contribution is 9.08. The number of alkyl carbamates (subject to hydrolysis) is 1. The number of esters is 1. The molecule has 9 heteroatoms. The van der Waals surface area contributed by atoms with Crippen LogP contribution in [0.1, 0.15) is 31.1 Å². The third kappa shape index (κ3) is 5.83. The zero-order valence-electron chi connectivity index (χ0n) is 14.6. The van der Waals surface area contributed by atoms with E-state index in [2.05, 4.69) is 26.4 Å². The number of ether oxygens (including phenoxy) is 2. The summed E-state index contributed by atoms with van der Waals surface area (Å²) < 4.78 is 25.3. The van der Waals surface area contributed by atoms with Gasteiger partial charge in [0.05, 0.1) is 32.7 Å². The summed E-state index contributed by atoms with van der Waals surface area (Å²) in [5.74, 6) is -1.35. The van der Waals surface area contributed by atoms with Crippen LogP contribution in [0.25, 0.3) is 11.0 Å². The van der Waals surface area contributed by atoms with Gasteiger partial charge in [-0.1, -0.05) is 0 Å². The van der Waals surface area contributed by atoms with Gasteiger partial charge in [0.2, 0.25) is 0 Å². The normalized spacial score (nSPS) is 12.1. The fraction of sp³-hybridized carbons (Fsp3) is 0.353. The van der Waals surface area contributed by atoms with Crippen LogP contribution < -0.4 is 5.32 Å². The van der Waals surface area contributed by atoms with E-state index in [9.17, 15) is 14.0 Å². The summed E-state index contributed by atoms with van der Waals surface area (Å²) in [5.41, 5.74) is 1.03. The topological polar surface area (TPSA) is 82.4 Å². The second kappa shape index (κ2) is 8.31. The Morgan fingerprint density at radius 1 is 1.38 bits per heavy atom. The average Bonchev–Trinajstić information content (AvgIpc) is 2.91. The Balaban J connectivity index is 1.82. The zero-order valence-corrected chi connectivity index (χ0v) is 16.2. The molecule has 0 saturated heterocycles. The van der Waals surface area contributed by atoms with Crippen molar-refractivity contribution >= 4 is 39.2 Å². The lowest BCUT2D eigenvalue weighted by molar-refractivity contribution is 0.0509. The van der Waals surface area contributed by atoms with Crippen molar-refractivity contribution in [3.63, 3.8) is 0 Å². The van der Waals surface area contributed by atoms with E-state index in [1.807, 2.05) is 0 Å². The Bertz CT molecular complexity index is 842. The van der Waals surface area contributed by atoms with Crippen LogP contribution >= 0.6 is 16.1 Å². The molecule has 26 heavy (non-hydrogen) atoms. The van der Waals surface area contributed by atoms with Crippen molar-refractivity contribution in [3.8, 4) is 0 Å². The smallest absolute Gasteiger partial charge is 0.407 e. The van der Waals surface area contributed by atoms with Gasteiger partial charge >= 0.3 is 12.1 Å². The van der Waals surface area contributed by atoms with Gasteiger partial charge in [-0.05, 0) is 45.0 Å². The summed E-state index contributed by atoms with van der Waals surface area (Å²) in [6.07, 6.45) is 2.00. The summed E-state index contributed by atoms with van der Waals surface area (Å²) in [6, 6.07) is 4.82. The van der Waals surface area contributed by atoms with E-state index in [4.69, 9.17) is 9.47 Å². The highest BCUT2D eigenvalue weighted by Gasteiger charge is 2.15. The quantitative estimate of drug-likeness (QED) is 0.734. The highest BCUT2D eigenvalue weighted by atomic mass is 79.9. The van der Waals surface area contributed by atoms with Gasteiger partial charge in [-0.15, -0.1) is 0 Å². The van der Waals surface area contributed by atoms with E-state index in [1.54, 1.807) is 48.9 Å². The standard InChI is InChI=1S/C17H19BrFN3O4/c1-17(2,3)26-16(24)20-7-6-12(19)9-25-15(23)11-4-5-14-13(8-11)21-10-22(14)18/h4-6,8,10H,7,9H2,1-3H3,(H,20,24)/b12-6-. The second-order valence-corrected chi connectivity index (χ2v) is 7.13. The minimum Gasteiger partial charge on any atom is -0.455 e. The third-order valence-corrected chi connectivity index (χ3v) is 3.61. The molecule has 140 valence electrons. The molecule has 1 amide bonds. The molecule has 0 aliphatic heterocycles. The first-order valence-corrected chi connectivity index (χ1v) is 8.48. The van der Waals surface area contributed by atoms with Crippen molar-refractivity contribution < 1.29 is 23.5 Å². The lowest BCUT2D eigenvalue weighted by Gasteiger charge is -2.19. The Hall–Kier alpha value is -2.42. The molecule has 0 aliphatic carbocycles. The van der Waals surface area contributed by atoms with E-state index < -0.39 is 30.1 Å². The first-order valence-electron chi connectivity index (χ1n) is 7.77. The van der Waals surface area contributed by atoms with Crippen LogP contribution in [0.3, 0.4) is 0 Å². The number of fused-ring (bicyclic) bond motifs is 1. The molecule has 0 atom stereocenters. The molecular formula is C17H19BrFN3O4. The van der Waals surface area contributed by atoms with Crippen molar-refractivity contribution in [3.05, 3.63) is 42.0 Å². The van der Waals surface area contributed by atoms with Crippen LogP contribution in [-0.4, -0.2) is 39.4 Å². The molecule has 0 radical (unpaired) electrons. The van der Waals surface area contributed by atoms with Gasteiger partial charge in [-0.25, -0.2) is 19.0 Å². The fourth-order valence-electron chi connectivity index (χ4n) is 1.95. The molecule has 0 aliphatic rings. The zero-order chi connectivity index (χ0) is 19.3. The van der Waals surface area contributed by atoms with Crippen LogP contribution in [0.4, 0.5) is 9.18 Å². The summed E-state index contributed by atoms with van der Waals surface area (Å²) >= 11 is 3.27. The van der Waals surface area contributed by atoms with E-state index in [-0.39, 0.29) is 12.1 Å². The molecular weight excluding hydrogens is 409 g/mol. The molecule has 1 aromatic heterocycles. The van der Waals surface area contributed by atoms with Crippen molar-refractivity contribution in [2.24, 2.45) is 0 Å². The number of amides is 1. The maximum absolute atomic E-state index is 13.7. The summed E-state index contributed by atoms with van der Waals surface area (Å²) in [5, 5.41) is 2.38. The Morgan fingerprint density at radius 2 is 2.12 bits per heavy atom. The number of nitrogens with zero attached hydrogens (tertiary/aromatic N) is 2. The maximum atomic E-state index is 13.7. The van der Waals surface area contributed by atoms with E-state index >= 15 is 0 Å². The molecule has 1 aromatic carbocycles. The molecule has 0 spiro atoms. The molecule has 7 nitrogen and oxygen atoms in total. The number of carbonyl (C=O) groups is 2. The summed E-state index contributed by atoms with van der Waals surface area (Å²) in [7, 11) is 0. The number of aromatic nitrogens is 2. The van der Waals surface area contributed by atoms with E-state index in [0.29, 0.717) is 5.52 Å². The SMILES string of the molecule is CC(C)(C)OC(=O)NC/C=C(\F)COC(=O)c1ccc2c(c1)ncn2Br. The van der Waals surface area contributed by atoms with Gasteiger partial charge in [0.1, 0.15) is 24.4 Å². The third-order valence-electron chi connectivity index (χ3n) is 3.05. The average molecular weight is 428 g/mol.